The Morgan fingerprint density at radius 1 is 1.28 bits per heavy atom. The van der Waals surface area contributed by atoms with Crippen molar-refractivity contribution in [3.05, 3.63) is 27.4 Å². The first kappa shape index (κ1) is 11.7. The second kappa shape index (κ2) is 4.10. The molecule has 1 aromatic heterocycles. The van der Waals surface area contributed by atoms with Gasteiger partial charge in [-0.05, 0) is 18.9 Å². The molecule has 0 spiro atoms. The fourth-order valence-corrected chi connectivity index (χ4v) is 3.44. The summed E-state index contributed by atoms with van der Waals surface area (Å²) in [5, 5.41) is 10.1. The van der Waals surface area contributed by atoms with Gasteiger partial charge in [-0.25, -0.2) is 4.79 Å². The van der Waals surface area contributed by atoms with E-state index in [1.165, 1.54) is 6.42 Å². The molecular formula is C13H15NO3S. The Morgan fingerprint density at radius 3 is 2.72 bits per heavy atom. The van der Waals surface area contributed by atoms with Crippen LogP contribution in [0.5, 0.6) is 5.75 Å². The molecule has 1 aliphatic carbocycles. The summed E-state index contributed by atoms with van der Waals surface area (Å²) in [5.74, 6) is 0.170. The number of fused-ring (bicyclic) bond motifs is 1. The van der Waals surface area contributed by atoms with E-state index < -0.39 is 5.54 Å². The molecule has 18 heavy (non-hydrogen) atoms. The lowest BCUT2D eigenvalue weighted by molar-refractivity contribution is 0.292. The molecule has 0 aliphatic heterocycles. The third kappa shape index (κ3) is 1.83. The highest BCUT2D eigenvalue weighted by Gasteiger charge is 2.32. The number of phenolic OH excluding ortho intramolecular Hbond substituents is 1. The summed E-state index contributed by atoms with van der Waals surface area (Å²) in [7, 11) is 0. The summed E-state index contributed by atoms with van der Waals surface area (Å²) in [6, 6.07) is 3.32. The Kier molecular flexibility index (Phi) is 2.68. The van der Waals surface area contributed by atoms with Crippen LogP contribution in [0, 0.1) is 0 Å². The molecule has 1 heterocycles. The monoisotopic (exact) mass is 265 g/mol. The maximum absolute atomic E-state index is 11.2. The van der Waals surface area contributed by atoms with Crippen molar-refractivity contribution in [3.8, 4) is 5.75 Å². The highest BCUT2D eigenvalue weighted by Crippen LogP contribution is 2.40. The summed E-state index contributed by atoms with van der Waals surface area (Å²) in [6.07, 6.45) is 5.06. The Bertz CT molecular complexity index is 637. The molecule has 3 rings (SSSR count). The first-order chi connectivity index (χ1) is 8.58. The van der Waals surface area contributed by atoms with Crippen LogP contribution in [0.2, 0.25) is 0 Å². The van der Waals surface area contributed by atoms with E-state index in [2.05, 4.69) is 0 Å². The largest absolute Gasteiger partial charge is 0.508 e. The average Bonchev–Trinajstić information content (AvgIpc) is 2.68. The molecular weight excluding hydrogens is 250 g/mol. The van der Waals surface area contributed by atoms with Crippen LogP contribution in [-0.2, 0) is 5.54 Å². The van der Waals surface area contributed by atoms with E-state index in [1.54, 1.807) is 12.1 Å². The fourth-order valence-electron chi connectivity index (χ4n) is 2.76. The van der Waals surface area contributed by atoms with Crippen LogP contribution in [0.1, 0.15) is 37.7 Å². The Balaban J connectivity index is 2.15. The number of nitrogens with two attached hydrogens (primary N) is 1. The fraction of sp³-hybridized carbons (Fsp3) is 0.462. The van der Waals surface area contributed by atoms with Gasteiger partial charge in [-0.1, -0.05) is 30.6 Å². The van der Waals surface area contributed by atoms with Crippen LogP contribution in [-0.4, -0.2) is 5.11 Å². The molecule has 1 aliphatic rings. The maximum atomic E-state index is 11.2. The van der Waals surface area contributed by atoms with Gasteiger partial charge in [0, 0.05) is 17.2 Å². The van der Waals surface area contributed by atoms with Crippen molar-refractivity contribution in [2.24, 2.45) is 5.73 Å². The number of hydrogen-bond acceptors (Lipinski definition) is 5. The van der Waals surface area contributed by atoms with Gasteiger partial charge in [0.15, 0.2) is 0 Å². The molecule has 1 aromatic carbocycles. The minimum absolute atomic E-state index is 0.170. The first-order valence-electron chi connectivity index (χ1n) is 6.14. The molecule has 5 heteroatoms. The quantitative estimate of drug-likeness (QED) is 0.831. The lowest BCUT2D eigenvalue weighted by Crippen LogP contribution is -2.38. The maximum Gasteiger partial charge on any atom is 0.396 e. The number of phenols is 1. The van der Waals surface area contributed by atoms with Crippen LogP contribution >= 0.6 is 11.3 Å². The normalized spacial score (nSPS) is 19.2. The van der Waals surface area contributed by atoms with Crippen molar-refractivity contribution in [1.29, 1.82) is 0 Å². The average molecular weight is 265 g/mol. The number of aromatic hydroxyl groups is 1. The minimum atomic E-state index is -0.489. The summed E-state index contributed by atoms with van der Waals surface area (Å²) in [5.41, 5.74) is 7.14. The van der Waals surface area contributed by atoms with Gasteiger partial charge in [-0.2, -0.15) is 0 Å². The summed E-state index contributed by atoms with van der Waals surface area (Å²) >= 11 is 0.998. The molecule has 2 aromatic rings. The molecule has 1 saturated carbocycles. The predicted octanol–water partition coefficient (Wildman–Crippen LogP) is 2.68. The Hall–Kier alpha value is -1.33. The molecule has 3 N–H and O–H groups in total. The van der Waals surface area contributed by atoms with Crippen molar-refractivity contribution in [3.63, 3.8) is 0 Å². The third-order valence-corrected chi connectivity index (χ3v) is 4.52. The molecule has 96 valence electrons. The number of rotatable bonds is 1. The highest BCUT2D eigenvalue weighted by molar-refractivity contribution is 7.16. The van der Waals surface area contributed by atoms with E-state index in [0.717, 1.165) is 37.0 Å². The number of benzene rings is 1. The second-order valence-corrected chi connectivity index (χ2v) is 5.96. The van der Waals surface area contributed by atoms with Gasteiger partial charge in [-0.15, -0.1) is 0 Å². The smallest absolute Gasteiger partial charge is 0.396 e. The van der Waals surface area contributed by atoms with Crippen LogP contribution in [0.4, 0.5) is 0 Å². The molecule has 4 nitrogen and oxygen atoms in total. The lowest BCUT2D eigenvalue weighted by Gasteiger charge is -2.34. The lowest BCUT2D eigenvalue weighted by atomic mass is 9.77. The van der Waals surface area contributed by atoms with E-state index in [4.69, 9.17) is 10.2 Å². The third-order valence-electron chi connectivity index (χ3n) is 3.73. The van der Waals surface area contributed by atoms with Gasteiger partial charge in [0.2, 0.25) is 0 Å². The van der Waals surface area contributed by atoms with E-state index in [9.17, 15) is 9.90 Å². The summed E-state index contributed by atoms with van der Waals surface area (Å²) < 4.78 is 5.76. The van der Waals surface area contributed by atoms with Crippen molar-refractivity contribution in [2.45, 2.75) is 37.6 Å². The highest BCUT2D eigenvalue weighted by atomic mass is 32.1. The van der Waals surface area contributed by atoms with Crippen LogP contribution < -0.4 is 10.7 Å². The molecule has 0 bridgehead atoms. The molecule has 0 amide bonds. The van der Waals surface area contributed by atoms with Gasteiger partial charge in [0.05, 0.1) is 4.70 Å². The van der Waals surface area contributed by atoms with E-state index >= 15 is 0 Å². The van der Waals surface area contributed by atoms with Crippen LogP contribution in [0.15, 0.2) is 21.3 Å². The van der Waals surface area contributed by atoms with E-state index in [0.29, 0.717) is 15.8 Å². The molecule has 0 unspecified atom stereocenters. The molecule has 1 fully saturated rings. The van der Waals surface area contributed by atoms with E-state index in [-0.39, 0.29) is 10.7 Å². The topological polar surface area (TPSA) is 76.5 Å². The van der Waals surface area contributed by atoms with Crippen molar-refractivity contribution in [2.75, 3.05) is 0 Å². The Morgan fingerprint density at radius 2 is 2.00 bits per heavy atom. The van der Waals surface area contributed by atoms with Crippen molar-refractivity contribution in [1.82, 2.24) is 0 Å². The zero-order valence-corrected chi connectivity index (χ0v) is 10.8. The molecule has 0 radical (unpaired) electrons. The minimum Gasteiger partial charge on any atom is -0.508 e. The molecule has 0 saturated heterocycles. The summed E-state index contributed by atoms with van der Waals surface area (Å²) in [6.45, 7) is 0. The van der Waals surface area contributed by atoms with Crippen LogP contribution in [0.3, 0.4) is 0 Å². The predicted molar refractivity (Wildman–Crippen MR) is 71.0 cm³/mol. The summed E-state index contributed by atoms with van der Waals surface area (Å²) in [4.78, 5) is 10.9. The SMILES string of the molecule is NC1(c2cc3oc(=O)sc3cc2O)CCCCC1. The van der Waals surface area contributed by atoms with Gasteiger partial charge in [0.1, 0.15) is 11.3 Å². The van der Waals surface area contributed by atoms with Crippen molar-refractivity contribution >= 4 is 21.6 Å². The van der Waals surface area contributed by atoms with Gasteiger partial charge < -0.3 is 15.3 Å². The van der Waals surface area contributed by atoms with Gasteiger partial charge in [-0.3, -0.25) is 0 Å². The van der Waals surface area contributed by atoms with Crippen LogP contribution in [0.25, 0.3) is 10.3 Å². The van der Waals surface area contributed by atoms with Gasteiger partial charge in [0.25, 0.3) is 0 Å². The standard InChI is InChI=1S/C13H15NO3S/c14-13(4-2-1-3-5-13)8-6-10-11(7-9(8)15)18-12(16)17-10/h6-7,15H,1-5,14H2. The number of hydrogen-bond donors (Lipinski definition) is 2. The zero-order chi connectivity index (χ0) is 12.8. The first-order valence-corrected chi connectivity index (χ1v) is 6.96. The Labute approximate surface area is 108 Å². The second-order valence-electron chi connectivity index (χ2n) is 4.99. The molecule has 0 atom stereocenters. The van der Waals surface area contributed by atoms with E-state index in [1.807, 2.05) is 0 Å². The van der Waals surface area contributed by atoms with Crippen molar-refractivity contribution < 1.29 is 9.52 Å². The van der Waals surface area contributed by atoms with Gasteiger partial charge >= 0.3 is 4.94 Å². The zero-order valence-electron chi connectivity index (χ0n) is 9.94.